The van der Waals surface area contributed by atoms with Gasteiger partial charge in [-0.25, -0.2) is 0 Å². The van der Waals surface area contributed by atoms with Crippen LogP contribution in [-0.2, 0) is 17.1 Å². The van der Waals surface area contributed by atoms with Crippen molar-refractivity contribution in [2.75, 3.05) is 0 Å². The van der Waals surface area contributed by atoms with E-state index in [-0.39, 0.29) is 17.1 Å². The van der Waals surface area contributed by atoms with Gasteiger partial charge in [-0.2, -0.15) is 0 Å². The predicted octanol–water partition coefficient (Wildman–Crippen LogP) is 5.07. The van der Waals surface area contributed by atoms with Crippen LogP contribution in [0.2, 0.25) is 10.0 Å². The second-order valence-corrected chi connectivity index (χ2v) is 8.63. The van der Waals surface area contributed by atoms with Gasteiger partial charge < -0.3 is 0 Å². The van der Waals surface area contributed by atoms with Gasteiger partial charge in [0, 0.05) is 0 Å². The second-order valence-electron chi connectivity index (χ2n) is 4.18. The molecule has 0 fully saturated rings. The monoisotopic (exact) mass is 234 g/mol. The zero-order valence-electron chi connectivity index (χ0n) is 9.78. The van der Waals surface area contributed by atoms with E-state index in [2.05, 4.69) is 13.8 Å². The van der Waals surface area contributed by atoms with E-state index >= 15 is 0 Å². The molecule has 0 saturated carbocycles. The first-order valence-electron chi connectivity index (χ1n) is 6.41. The molecule has 76 valence electrons. The van der Waals surface area contributed by atoms with Gasteiger partial charge in [0.1, 0.15) is 0 Å². The fourth-order valence-corrected chi connectivity index (χ4v) is 5.75. The first kappa shape index (κ1) is 13.6. The molecule has 0 rings (SSSR count). The average Bonchev–Trinajstić information content (AvgIpc) is 2.16. The van der Waals surface area contributed by atoms with Crippen molar-refractivity contribution in [1.29, 1.82) is 0 Å². The van der Waals surface area contributed by atoms with E-state index in [1.165, 1.54) is 44.9 Å². The van der Waals surface area contributed by atoms with Crippen LogP contribution < -0.4 is 0 Å². The quantitative estimate of drug-likeness (QED) is 0.367. The Morgan fingerprint density at radius 3 is 1.85 bits per heavy atom. The number of hydrogen-bond donors (Lipinski definition) is 0. The van der Waals surface area contributed by atoms with E-state index < -0.39 is 0 Å². The molecule has 0 unspecified atom stereocenters. The zero-order valence-corrected chi connectivity index (χ0v) is 12.7. The molecule has 0 aromatic rings. The SMILES string of the molecule is CCCCCCC[CH2][Zn][CH2]CCC. The summed E-state index contributed by atoms with van der Waals surface area (Å²) in [6, 6.07) is 0. The Hall–Kier alpha value is 0.623. The Morgan fingerprint density at radius 2 is 1.15 bits per heavy atom. The topological polar surface area (TPSA) is 0 Å². The fourth-order valence-electron chi connectivity index (χ4n) is 1.74. The van der Waals surface area contributed by atoms with Crippen molar-refractivity contribution in [2.45, 2.75) is 75.2 Å². The van der Waals surface area contributed by atoms with Crippen LogP contribution in [0.1, 0.15) is 65.2 Å². The minimum atomic E-state index is -0.0287. The Kier molecular flexibility index (Phi) is 13.2. The molecule has 0 heterocycles. The molecule has 0 N–H and O–H groups in total. The molecule has 0 nitrogen and oxygen atoms in total. The summed E-state index contributed by atoms with van der Waals surface area (Å²) in [7, 11) is 0. The molecule has 0 aromatic carbocycles. The van der Waals surface area contributed by atoms with E-state index in [1.807, 2.05) is 0 Å². The van der Waals surface area contributed by atoms with Gasteiger partial charge in [-0.1, -0.05) is 0 Å². The van der Waals surface area contributed by atoms with Crippen molar-refractivity contribution >= 4 is 0 Å². The standard InChI is InChI=1S/C8H17.C4H9.Zn/c1-3-5-7-8-6-4-2;1-3-4-2;/h1,3-8H2,2H3;1,3-4H2,2H3;. The Balaban J connectivity index is 2.76. The summed E-state index contributed by atoms with van der Waals surface area (Å²) in [5, 5.41) is 3.32. The molecule has 0 spiro atoms. The van der Waals surface area contributed by atoms with E-state index in [9.17, 15) is 0 Å². The van der Waals surface area contributed by atoms with E-state index in [0.29, 0.717) is 0 Å². The van der Waals surface area contributed by atoms with Crippen molar-refractivity contribution in [3.05, 3.63) is 0 Å². The zero-order chi connectivity index (χ0) is 9.78. The van der Waals surface area contributed by atoms with Gasteiger partial charge in [0.25, 0.3) is 0 Å². The Morgan fingerprint density at radius 1 is 0.615 bits per heavy atom. The van der Waals surface area contributed by atoms with E-state index in [0.717, 1.165) is 0 Å². The van der Waals surface area contributed by atoms with Crippen LogP contribution in [-0.4, -0.2) is 0 Å². The van der Waals surface area contributed by atoms with Gasteiger partial charge in [0.15, 0.2) is 0 Å². The third kappa shape index (κ3) is 12.6. The molecule has 0 amide bonds. The maximum atomic E-state index is 2.31. The molecular weight excluding hydrogens is 210 g/mol. The molecule has 0 aromatic heterocycles. The van der Waals surface area contributed by atoms with Crippen LogP contribution in [0, 0.1) is 0 Å². The first-order valence-corrected chi connectivity index (χ1v) is 10.6. The molecule has 1 heteroatoms. The normalized spacial score (nSPS) is 10.0. The van der Waals surface area contributed by atoms with Crippen molar-refractivity contribution in [2.24, 2.45) is 0 Å². The number of unbranched alkanes of at least 4 members (excludes halogenated alkanes) is 6. The maximum absolute atomic E-state index is 2.31. The van der Waals surface area contributed by atoms with Crippen LogP contribution in [0.3, 0.4) is 0 Å². The van der Waals surface area contributed by atoms with Gasteiger partial charge in [0.05, 0.1) is 0 Å². The number of hydrogen-bond acceptors (Lipinski definition) is 0. The van der Waals surface area contributed by atoms with Crippen LogP contribution in [0.15, 0.2) is 0 Å². The van der Waals surface area contributed by atoms with Crippen molar-refractivity contribution in [3.63, 3.8) is 0 Å². The summed E-state index contributed by atoms with van der Waals surface area (Å²) in [6.45, 7) is 4.60. The summed E-state index contributed by atoms with van der Waals surface area (Å²) >= 11 is -0.0287. The van der Waals surface area contributed by atoms with Gasteiger partial charge in [0.2, 0.25) is 0 Å². The molecule has 0 aliphatic rings. The molecule has 0 radical (unpaired) electrons. The van der Waals surface area contributed by atoms with Gasteiger partial charge >= 0.3 is 92.4 Å². The van der Waals surface area contributed by atoms with Crippen LogP contribution in [0.4, 0.5) is 0 Å². The third-order valence-electron chi connectivity index (χ3n) is 2.71. The number of rotatable bonds is 10. The molecule has 0 aliphatic heterocycles. The van der Waals surface area contributed by atoms with Crippen LogP contribution in [0.25, 0.3) is 0 Å². The van der Waals surface area contributed by atoms with Gasteiger partial charge in [-0.05, 0) is 0 Å². The second kappa shape index (κ2) is 12.6. The van der Waals surface area contributed by atoms with Crippen molar-refractivity contribution in [3.8, 4) is 0 Å². The third-order valence-corrected chi connectivity index (χ3v) is 6.90. The molecule has 0 aliphatic carbocycles. The Labute approximate surface area is 92.5 Å². The molecule has 0 atom stereocenters. The molecule has 0 saturated heterocycles. The van der Waals surface area contributed by atoms with Crippen molar-refractivity contribution in [1.82, 2.24) is 0 Å². The van der Waals surface area contributed by atoms with E-state index in [1.54, 1.807) is 16.5 Å². The fraction of sp³-hybridized carbons (Fsp3) is 1.00. The summed E-state index contributed by atoms with van der Waals surface area (Å²) in [4.78, 5) is 0. The molecule has 0 bridgehead atoms. The van der Waals surface area contributed by atoms with Crippen LogP contribution in [0.5, 0.6) is 0 Å². The van der Waals surface area contributed by atoms with Gasteiger partial charge in [-0.15, -0.1) is 0 Å². The summed E-state index contributed by atoms with van der Waals surface area (Å²) in [5.41, 5.74) is 0. The molecule has 13 heavy (non-hydrogen) atoms. The minimum absolute atomic E-state index is 0.0287. The molecular formula is C12H26Zn. The Bertz CT molecular complexity index is 71.2. The summed E-state index contributed by atoms with van der Waals surface area (Å²) in [6.07, 6.45) is 11.9. The average molecular weight is 236 g/mol. The van der Waals surface area contributed by atoms with Gasteiger partial charge in [-0.3, -0.25) is 0 Å². The summed E-state index contributed by atoms with van der Waals surface area (Å²) in [5.74, 6) is 0. The van der Waals surface area contributed by atoms with E-state index in [4.69, 9.17) is 0 Å². The summed E-state index contributed by atoms with van der Waals surface area (Å²) < 4.78 is 0. The van der Waals surface area contributed by atoms with Crippen LogP contribution >= 0.6 is 0 Å². The first-order chi connectivity index (χ1) is 6.41. The van der Waals surface area contributed by atoms with Crippen molar-refractivity contribution < 1.29 is 17.1 Å². The predicted molar refractivity (Wildman–Crippen MR) is 57.9 cm³/mol.